The number of para-hydroxylation sites is 1. The van der Waals surface area contributed by atoms with E-state index in [1.807, 2.05) is 42.7 Å². The Labute approximate surface area is 302 Å². The normalized spacial score (nSPS) is 11.1. The minimum absolute atomic E-state index is 0.595. The number of benzene rings is 6. The molecule has 9 rings (SSSR count). The molecule has 0 aliphatic carbocycles. The first-order valence-electron chi connectivity index (χ1n) is 17.2. The van der Waals surface area contributed by atoms with Gasteiger partial charge in [0.2, 0.25) is 0 Å². The molecule has 5 nitrogen and oxygen atoms in total. The predicted molar refractivity (Wildman–Crippen MR) is 211 cm³/mol. The summed E-state index contributed by atoms with van der Waals surface area (Å²) in [6.45, 7) is 0. The summed E-state index contributed by atoms with van der Waals surface area (Å²) in [6.07, 6.45) is 3.75. The van der Waals surface area contributed by atoms with E-state index in [2.05, 4.69) is 151 Å². The second-order valence-electron chi connectivity index (χ2n) is 12.6. The van der Waals surface area contributed by atoms with Crippen molar-refractivity contribution in [3.63, 3.8) is 0 Å². The summed E-state index contributed by atoms with van der Waals surface area (Å²) in [5, 5.41) is 1.10. The van der Waals surface area contributed by atoms with E-state index in [0.29, 0.717) is 17.5 Å². The molecule has 3 aromatic heterocycles. The second-order valence-corrected chi connectivity index (χ2v) is 12.6. The van der Waals surface area contributed by atoms with Crippen LogP contribution in [0.2, 0.25) is 0 Å². The van der Waals surface area contributed by atoms with Crippen molar-refractivity contribution in [2.75, 3.05) is 0 Å². The van der Waals surface area contributed by atoms with Gasteiger partial charge < -0.3 is 0 Å². The van der Waals surface area contributed by atoms with Crippen LogP contribution in [0.5, 0.6) is 0 Å². The first-order valence-corrected chi connectivity index (χ1v) is 17.2. The van der Waals surface area contributed by atoms with Crippen LogP contribution in [0.1, 0.15) is 0 Å². The third-order valence-electron chi connectivity index (χ3n) is 9.24. The van der Waals surface area contributed by atoms with E-state index in [0.717, 1.165) is 72.2 Å². The molecule has 0 bridgehead atoms. The van der Waals surface area contributed by atoms with Crippen LogP contribution >= 0.6 is 0 Å². The van der Waals surface area contributed by atoms with Crippen LogP contribution in [0.25, 0.3) is 89.7 Å². The Morgan fingerprint density at radius 2 is 0.808 bits per heavy atom. The number of hydrogen-bond donors (Lipinski definition) is 0. The molecule has 6 aromatic carbocycles. The number of pyridine rings is 2. The van der Waals surface area contributed by atoms with Crippen LogP contribution in [-0.2, 0) is 0 Å². The fourth-order valence-corrected chi connectivity index (χ4v) is 6.55. The van der Waals surface area contributed by atoms with Crippen LogP contribution in [0.15, 0.2) is 188 Å². The first-order chi connectivity index (χ1) is 25.7. The minimum Gasteiger partial charge on any atom is -0.256 e. The molecule has 0 aliphatic rings. The van der Waals surface area contributed by atoms with E-state index >= 15 is 0 Å². The molecule has 0 atom stereocenters. The van der Waals surface area contributed by atoms with Crippen molar-refractivity contribution in [2.24, 2.45) is 0 Å². The van der Waals surface area contributed by atoms with Crippen molar-refractivity contribution in [3.8, 4) is 78.8 Å². The Morgan fingerprint density at radius 3 is 1.48 bits per heavy atom. The molecule has 0 aliphatic heterocycles. The number of aromatic nitrogens is 5. The first kappa shape index (κ1) is 30.9. The van der Waals surface area contributed by atoms with E-state index in [1.165, 1.54) is 0 Å². The Kier molecular flexibility index (Phi) is 8.12. The summed E-state index contributed by atoms with van der Waals surface area (Å²) in [5.41, 5.74) is 12.1. The Balaban J connectivity index is 1.11. The zero-order chi connectivity index (χ0) is 34.7. The highest BCUT2D eigenvalue weighted by atomic mass is 15.0. The fourth-order valence-electron chi connectivity index (χ4n) is 6.55. The molecule has 0 radical (unpaired) electrons. The van der Waals surface area contributed by atoms with Gasteiger partial charge in [-0.15, -0.1) is 0 Å². The summed E-state index contributed by atoms with van der Waals surface area (Å²) in [5.74, 6) is 1.82. The van der Waals surface area contributed by atoms with E-state index < -0.39 is 0 Å². The molecule has 9 aromatic rings. The Bertz CT molecular complexity index is 2650. The van der Waals surface area contributed by atoms with E-state index in [-0.39, 0.29) is 0 Å². The van der Waals surface area contributed by atoms with Crippen molar-refractivity contribution in [2.45, 2.75) is 0 Å². The smallest absolute Gasteiger partial charge is 0.164 e. The van der Waals surface area contributed by atoms with Crippen LogP contribution in [0, 0.1) is 0 Å². The van der Waals surface area contributed by atoms with E-state index in [1.54, 1.807) is 0 Å². The van der Waals surface area contributed by atoms with Crippen molar-refractivity contribution >= 4 is 10.9 Å². The highest BCUT2D eigenvalue weighted by molar-refractivity contribution is 5.93. The van der Waals surface area contributed by atoms with Gasteiger partial charge in [0.05, 0.1) is 11.2 Å². The minimum atomic E-state index is 0.595. The maximum absolute atomic E-state index is 5.07. The second kappa shape index (κ2) is 13.7. The van der Waals surface area contributed by atoms with Gasteiger partial charge in [0.15, 0.2) is 17.5 Å². The average Bonchev–Trinajstić information content (AvgIpc) is 3.24. The molecule has 0 amide bonds. The lowest BCUT2D eigenvalue weighted by Gasteiger charge is -2.11. The molecule has 0 fully saturated rings. The third kappa shape index (κ3) is 6.23. The molecule has 244 valence electrons. The van der Waals surface area contributed by atoms with Crippen molar-refractivity contribution in [3.05, 3.63) is 188 Å². The average molecular weight is 666 g/mol. The Morgan fingerprint density at radius 1 is 0.308 bits per heavy atom. The van der Waals surface area contributed by atoms with Gasteiger partial charge in [-0.05, 0) is 46.5 Å². The lowest BCUT2D eigenvalue weighted by Crippen LogP contribution is -2.00. The number of hydrogen-bond acceptors (Lipinski definition) is 5. The Hall–Kier alpha value is -7.11. The molecule has 0 N–H and O–H groups in total. The molecule has 3 heterocycles. The largest absolute Gasteiger partial charge is 0.256 e. The number of fused-ring (bicyclic) bond motifs is 1. The van der Waals surface area contributed by atoms with E-state index in [9.17, 15) is 0 Å². The van der Waals surface area contributed by atoms with Gasteiger partial charge in [-0.2, -0.15) is 0 Å². The van der Waals surface area contributed by atoms with Gasteiger partial charge in [0.1, 0.15) is 0 Å². The zero-order valence-corrected chi connectivity index (χ0v) is 28.1. The van der Waals surface area contributed by atoms with E-state index in [4.69, 9.17) is 19.9 Å². The van der Waals surface area contributed by atoms with Crippen molar-refractivity contribution in [1.82, 2.24) is 24.9 Å². The molecule has 0 saturated carbocycles. The summed E-state index contributed by atoms with van der Waals surface area (Å²) in [4.78, 5) is 24.7. The van der Waals surface area contributed by atoms with Gasteiger partial charge in [-0.25, -0.2) is 15.0 Å². The maximum atomic E-state index is 5.07. The molecule has 0 spiro atoms. The molecular formula is C47H31N5. The number of nitrogens with zero attached hydrogens (tertiary/aromatic N) is 5. The van der Waals surface area contributed by atoms with Crippen molar-refractivity contribution < 1.29 is 0 Å². The van der Waals surface area contributed by atoms with Gasteiger partial charge in [0, 0.05) is 51.2 Å². The van der Waals surface area contributed by atoms with Crippen LogP contribution in [-0.4, -0.2) is 24.9 Å². The maximum Gasteiger partial charge on any atom is 0.164 e. The van der Waals surface area contributed by atoms with Crippen LogP contribution in [0.3, 0.4) is 0 Å². The topological polar surface area (TPSA) is 64.5 Å². The molecule has 0 unspecified atom stereocenters. The van der Waals surface area contributed by atoms with Gasteiger partial charge in [0.25, 0.3) is 0 Å². The summed E-state index contributed by atoms with van der Waals surface area (Å²) in [7, 11) is 0. The molecule has 0 saturated heterocycles. The summed E-state index contributed by atoms with van der Waals surface area (Å²) in [6, 6.07) is 60.2. The SMILES string of the molecule is c1ccc(-c2ccc(-c3nc(-c4cccc(-c5ccccc5)c4)nc(-c4cccc(-c5ccc(-c6cccc7cccnc67)cn5)c4)n3)cc2)cc1. The molecular weight excluding hydrogens is 635 g/mol. The molecule has 52 heavy (non-hydrogen) atoms. The number of rotatable bonds is 7. The third-order valence-corrected chi connectivity index (χ3v) is 9.24. The van der Waals surface area contributed by atoms with Gasteiger partial charge in [-0.1, -0.05) is 152 Å². The monoisotopic (exact) mass is 665 g/mol. The fraction of sp³-hybridized carbons (Fsp3) is 0. The predicted octanol–water partition coefficient (Wildman–Crippen LogP) is 11.5. The quantitative estimate of drug-likeness (QED) is 0.169. The van der Waals surface area contributed by atoms with Crippen LogP contribution < -0.4 is 0 Å². The highest BCUT2D eigenvalue weighted by Crippen LogP contribution is 2.32. The van der Waals surface area contributed by atoms with Crippen LogP contribution in [0.4, 0.5) is 0 Å². The van der Waals surface area contributed by atoms with Gasteiger partial charge in [-0.3, -0.25) is 9.97 Å². The molecule has 5 heteroatoms. The summed E-state index contributed by atoms with van der Waals surface area (Å²) >= 11 is 0. The summed E-state index contributed by atoms with van der Waals surface area (Å²) < 4.78 is 0. The lowest BCUT2D eigenvalue weighted by atomic mass is 10.0. The standard InChI is InChI=1S/C47H31N5/c1-3-11-32(12-4-1)34-22-24-36(25-23-34)45-50-46(39-18-7-16-37(29-39)33-13-5-2-6-14-33)52-47(51-45)40-19-8-17-38(30-40)43-27-26-41(31-49-43)42-21-9-15-35-20-10-28-48-44(35)42/h1-31H. The zero-order valence-electron chi connectivity index (χ0n) is 28.1. The van der Waals surface area contributed by atoms with Gasteiger partial charge >= 0.3 is 0 Å². The lowest BCUT2D eigenvalue weighted by molar-refractivity contribution is 1.07. The highest BCUT2D eigenvalue weighted by Gasteiger charge is 2.15. The van der Waals surface area contributed by atoms with Crippen molar-refractivity contribution in [1.29, 1.82) is 0 Å².